The fourth-order valence-corrected chi connectivity index (χ4v) is 3.75. The van der Waals surface area contributed by atoms with Crippen LogP contribution in [0.3, 0.4) is 0 Å². The summed E-state index contributed by atoms with van der Waals surface area (Å²) in [6, 6.07) is 8.36. The molecule has 0 radical (unpaired) electrons. The number of morpholine rings is 1. The Morgan fingerprint density at radius 2 is 2.04 bits per heavy atom. The maximum absolute atomic E-state index is 12.8. The van der Waals surface area contributed by atoms with Crippen LogP contribution in [0.1, 0.15) is 35.9 Å². The highest BCUT2D eigenvalue weighted by molar-refractivity contribution is 5.78. The van der Waals surface area contributed by atoms with E-state index in [1.165, 1.54) is 11.1 Å². The molecule has 1 amide bonds. The number of aryl methyl sites for hydroxylation is 1. The lowest BCUT2D eigenvalue weighted by Gasteiger charge is -2.36. The highest BCUT2D eigenvalue weighted by atomic mass is 16.5. The van der Waals surface area contributed by atoms with Gasteiger partial charge in [0.15, 0.2) is 0 Å². The van der Waals surface area contributed by atoms with Crippen LogP contribution in [0.25, 0.3) is 0 Å². The minimum absolute atomic E-state index is 0.0100. The molecule has 1 fully saturated rings. The third-order valence-corrected chi connectivity index (χ3v) is 5.00. The molecule has 26 heavy (non-hydrogen) atoms. The van der Waals surface area contributed by atoms with Gasteiger partial charge in [0.25, 0.3) is 0 Å². The number of hydrogen-bond acceptors (Lipinski definition) is 6. The minimum Gasteiger partial charge on any atom is -0.423 e. The lowest BCUT2D eigenvalue weighted by molar-refractivity contribution is -0.138. The predicted octanol–water partition coefficient (Wildman–Crippen LogP) is 1.72. The average molecular weight is 356 g/mol. The second kappa shape index (κ2) is 7.17. The lowest BCUT2D eigenvalue weighted by Crippen LogP contribution is -2.48. The molecule has 1 aromatic heterocycles. The van der Waals surface area contributed by atoms with Crippen molar-refractivity contribution in [3.05, 3.63) is 47.2 Å². The van der Waals surface area contributed by atoms with Crippen molar-refractivity contribution in [2.24, 2.45) is 0 Å². The number of rotatable bonds is 3. The van der Waals surface area contributed by atoms with E-state index >= 15 is 0 Å². The van der Waals surface area contributed by atoms with Gasteiger partial charge in [0.05, 0.1) is 12.6 Å². The number of fused-ring (bicyclic) bond motifs is 1. The number of carbonyl (C=O) groups is 1. The van der Waals surface area contributed by atoms with Crippen LogP contribution in [-0.4, -0.2) is 58.2 Å². The smallest absolute Gasteiger partial charge is 0.246 e. The highest BCUT2D eigenvalue weighted by Crippen LogP contribution is 2.25. The van der Waals surface area contributed by atoms with Crippen molar-refractivity contribution in [1.29, 1.82) is 0 Å². The molecule has 2 aromatic rings. The first-order valence-electron chi connectivity index (χ1n) is 9.11. The number of nitrogens with zero attached hydrogens (tertiary/aromatic N) is 4. The molecule has 0 aliphatic carbocycles. The van der Waals surface area contributed by atoms with E-state index in [0.717, 1.165) is 19.5 Å². The van der Waals surface area contributed by atoms with E-state index in [1.807, 2.05) is 17.9 Å². The summed E-state index contributed by atoms with van der Waals surface area (Å²) < 4.78 is 11.4. The van der Waals surface area contributed by atoms with Crippen LogP contribution < -0.4 is 0 Å². The highest BCUT2D eigenvalue weighted by Gasteiger charge is 2.32. The van der Waals surface area contributed by atoms with E-state index in [2.05, 4.69) is 33.3 Å². The van der Waals surface area contributed by atoms with Gasteiger partial charge < -0.3 is 14.1 Å². The number of aromatic nitrogens is 2. The standard InChI is InChI=1S/C19H24N4O3/c1-13-9-22(11-17(25-13)19-21-20-14(2)26-19)12-18(24)23-8-7-15-5-3-4-6-16(15)10-23/h3-6,13,17H,7-12H2,1-2H3/t13-,17-/m1/s1. The topological polar surface area (TPSA) is 71.7 Å². The summed E-state index contributed by atoms with van der Waals surface area (Å²) in [6.07, 6.45) is 0.649. The van der Waals surface area contributed by atoms with Gasteiger partial charge in [-0.15, -0.1) is 10.2 Å². The molecule has 0 N–H and O–H groups in total. The van der Waals surface area contributed by atoms with E-state index < -0.39 is 0 Å². The SMILES string of the molecule is Cc1nnc([C@H]2CN(CC(=O)N3CCc4ccccc4C3)C[C@@H](C)O2)o1. The maximum Gasteiger partial charge on any atom is 0.246 e. The monoisotopic (exact) mass is 356 g/mol. The zero-order valence-electron chi connectivity index (χ0n) is 15.2. The fourth-order valence-electron chi connectivity index (χ4n) is 3.75. The van der Waals surface area contributed by atoms with Crippen LogP contribution in [0.2, 0.25) is 0 Å². The van der Waals surface area contributed by atoms with Crippen LogP contribution in [0.15, 0.2) is 28.7 Å². The van der Waals surface area contributed by atoms with Gasteiger partial charge in [-0.2, -0.15) is 0 Å². The molecule has 138 valence electrons. The quantitative estimate of drug-likeness (QED) is 0.834. The Hall–Kier alpha value is -2.25. The summed E-state index contributed by atoms with van der Waals surface area (Å²) in [4.78, 5) is 16.9. The normalized spacial score (nSPS) is 23.7. The van der Waals surface area contributed by atoms with Gasteiger partial charge in [0.2, 0.25) is 17.7 Å². The molecule has 0 spiro atoms. The molecule has 4 rings (SSSR count). The largest absolute Gasteiger partial charge is 0.423 e. The van der Waals surface area contributed by atoms with Crippen molar-refractivity contribution >= 4 is 5.91 Å². The van der Waals surface area contributed by atoms with Crippen molar-refractivity contribution in [3.8, 4) is 0 Å². The first-order valence-corrected chi connectivity index (χ1v) is 9.11. The van der Waals surface area contributed by atoms with Crippen LogP contribution in [0, 0.1) is 6.92 Å². The summed E-state index contributed by atoms with van der Waals surface area (Å²) in [7, 11) is 0. The number of benzene rings is 1. The molecule has 0 unspecified atom stereocenters. The summed E-state index contributed by atoms with van der Waals surface area (Å²) in [5, 5.41) is 7.95. The summed E-state index contributed by atoms with van der Waals surface area (Å²) in [5.41, 5.74) is 2.60. The van der Waals surface area contributed by atoms with E-state index in [1.54, 1.807) is 6.92 Å². The Labute approximate surface area is 152 Å². The molecule has 2 atom stereocenters. The Kier molecular flexibility index (Phi) is 4.74. The van der Waals surface area contributed by atoms with Crippen LogP contribution in [0.5, 0.6) is 0 Å². The number of carbonyl (C=O) groups excluding carboxylic acids is 1. The molecule has 1 aromatic carbocycles. The molecule has 7 nitrogen and oxygen atoms in total. The molecule has 0 saturated carbocycles. The van der Waals surface area contributed by atoms with Crippen LogP contribution in [0.4, 0.5) is 0 Å². The van der Waals surface area contributed by atoms with Gasteiger partial charge in [-0.25, -0.2) is 0 Å². The number of ether oxygens (including phenoxy) is 1. The van der Waals surface area contributed by atoms with Gasteiger partial charge in [0.1, 0.15) is 6.10 Å². The zero-order chi connectivity index (χ0) is 18.1. The predicted molar refractivity (Wildman–Crippen MR) is 94.3 cm³/mol. The third kappa shape index (κ3) is 3.64. The molecule has 2 aliphatic heterocycles. The number of hydrogen-bond donors (Lipinski definition) is 0. The van der Waals surface area contributed by atoms with Gasteiger partial charge >= 0.3 is 0 Å². The van der Waals surface area contributed by atoms with Gasteiger partial charge in [-0.05, 0) is 24.5 Å². The molecular formula is C19H24N4O3. The Bertz CT molecular complexity index is 791. The molecule has 7 heteroatoms. The van der Waals surface area contributed by atoms with E-state index in [4.69, 9.17) is 9.15 Å². The minimum atomic E-state index is -0.283. The molecule has 2 aliphatic rings. The lowest BCUT2D eigenvalue weighted by atomic mass is 10.00. The second-order valence-electron chi connectivity index (χ2n) is 7.12. The Balaban J connectivity index is 1.39. The van der Waals surface area contributed by atoms with Gasteiger partial charge in [-0.1, -0.05) is 24.3 Å². The van der Waals surface area contributed by atoms with Crippen LogP contribution >= 0.6 is 0 Å². The first-order chi connectivity index (χ1) is 12.6. The number of amides is 1. The van der Waals surface area contributed by atoms with Crippen molar-refractivity contribution in [1.82, 2.24) is 20.0 Å². The fraction of sp³-hybridized carbons (Fsp3) is 0.526. The summed E-state index contributed by atoms with van der Waals surface area (Å²) >= 11 is 0. The first kappa shape index (κ1) is 17.2. The maximum atomic E-state index is 12.8. The van der Waals surface area contributed by atoms with Crippen molar-refractivity contribution in [2.45, 2.75) is 39.0 Å². The van der Waals surface area contributed by atoms with E-state index in [9.17, 15) is 4.79 Å². The van der Waals surface area contributed by atoms with Crippen molar-refractivity contribution in [2.75, 3.05) is 26.2 Å². The van der Waals surface area contributed by atoms with E-state index in [-0.39, 0.29) is 18.1 Å². The Morgan fingerprint density at radius 1 is 1.23 bits per heavy atom. The average Bonchev–Trinajstić information content (AvgIpc) is 3.07. The Morgan fingerprint density at radius 3 is 2.81 bits per heavy atom. The van der Waals surface area contributed by atoms with Crippen molar-refractivity contribution in [3.63, 3.8) is 0 Å². The summed E-state index contributed by atoms with van der Waals surface area (Å²) in [6.45, 7) is 6.94. The van der Waals surface area contributed by atoms with E-state index in [0.29, 0.717) is 31.4 Å². The zero-order valence-corrected chi connectivity index (χ0v) is 15.2. The van der Waals surface area contributed by atoms with Crippen LogP contribution in [-0.2, 0) is 22.5 Å². The second-order valence-corrected chi connectivity index (χ2v) is 7.12. The van der Waals surface area contributed by atoms with Gasteiger partial charge in [-0.3, -0.25) is 9.69 Å². The molecule has 1 saturated heterocycles. The van der Waals surface area contributed by atoms with Crippen molar-refractivity contribution < 1.29 is 13.9 Å². The summed E-state index contributed by atoms with van der Waals surface area (Å²) in [5.74, 6) is 1.17. The molecule has 3 heterocycles. The van der Waals surface area contributed by atoms with Gasteiger partial charge in [0, 0.05) is 33.1 Å². The molecule has 0 bridgehead atoms. The third-order valence-electron chi connectivity index (χ3n) is 5.00. The molecular weight excluding hydrogens is 332 g/mol.